The number of nitriles is 1. The molecule has 0 aliphatic carbocycles. The highest BCUT2D eigenvalue weighted by atomic mass is 16.3. The molecule has 1 aliphatic heterocycles. The molecule has 3 heteroatoms. The van der Waals surface area contributed by atoms with E-state index >= 15 is 0 Å². The van der Waals surface area contributed by atoms with Gasteiger partial charge in [0, 0.05) is 13.1 Å². The summed E-state index contributed by atoms with van der Waals surface area (Å²) in [5, 5.41) is 17.7. The maximum Gasteiger partial charge on any atom is 0.179 e. The van der Waals surface area contributed by atoms with E-state index in [4.69, 9.17) is 10.4 Å². The topological polar surface area (TPSA) is 47.3 Å². The fraction of sp³-hybridized carbons (Fsp3) is 0.900. The van der Waals surface area contributed by atoms with E-state index in [1.54, 1.807) is 0 Å². The Morgan fingerprint density at radius 2 is 2.15 bits per heavy atom. The van der Waals surface area contributed by atoms with Crippen molar-refractivity contribution in [3.05, 3.63) is 0 Å². The Kier molecular flexibility index (Phi) is 4.04. The van der Waals surface area contributed by atoms with E-state index in [0.717, 1.165) is 44.7 Å². The van der Waals surface area contributed by atoms with Gasteiger partial charge in [-0.15, -0.1) is 0 Å². The molecule has 74 valence electrons. The third-order valence-electron chi connectivity index (χ3n) is 2.75. The number of piperidine rings is 1. The van der Waals surface area contributed by atoms with Crippen LogP contribution in [0, 0.1) is 17.4 Å². The maximum absolute atomic E-state index is 9.12. The van der Waals surface area contributed by atoms with Gasteiger partial charge in [-0.25, -0.2) is 0 Å². The van der Waals surface area contributed by atoms with Crippen molar-refractivity contribution >= 4 is 0 Å². The molecule has 0 bridgehead atoms. The van der Waals surface area contributed by atoms with Crippen LogP contribution in [0.4, 0.5) is 0 Å². The highest BCUT2D eigenvalue weighted by Crippen LogP contribution is 2.21. The first kappa shape index (κ1) is 10.3. The highest BCUT2D eigenvalue weighted by molar-refractivity contribution is 4.80. The molecule has 0 saturated carbocycles. The first-order valence-electron chi connectivity index (χ1n) is 5.05. The maximum atomic E-state index is 9.12. The third-order valence-corrected chi connectivity index (χ3v) is 2.75. The molecule has 1 atom stereocenters. The average molecular weight is 182 g/mol. The van der Waals surface area contributed by atoms with Gasteiger partial charge in [-0.1, -0.05) is 0 Å². The van der Waals surface area contributed by atoms with Crippen LogP contribution in [0.1, 0.15) is 32.6 Å². The van der Waals surface area contributed by atoms with Gasteiger partial charge in [0.05, 0.1) is 6.10 Å². The van der Waals surface area contributed by atoms with E-state index in [0.29, 0.717) is 0 Å². The molecule has 0 aromatic heterocycles. The summed E-state index contributed by atoms with van der Waals surface area (Å²) in [5.41, 5.74) is 0. The Morgan fingerprint density at radius 1 is 1.54 bits per heavy atom. The average Bonchev–Trinajstić information content (AvgIpc) is 2.15. The number of likely N-dealkylation sites (tertiary alicyclic amines) is 1. The van der Waals surface area contributed by atoms with Crippen LogP contribution in [0.5, 0.6) is 0 Å². The van der Waals surface area contributed by atoms with Crippen molar-refractivity contribution in [3.8, 4) is 6.19 Å². The summed E-state index contributed by atoms with van der Waals surface area (Å²) in [4.78, 5) is 1.82. The second-order valence-electron chi connectivity index (χ2n) is 3.96. The summed E-state index contributed by atoms with van der Waals surface area (Å²) in [7, 11) is 0. The lowest BCUT2D eigenvalue weighted by Gasteiger charge is -2.28. The second kappa shape index (κ2) is 5.08. The third kappa shape index (κ3) is 3.65. The Labute approximate surface area is 80.0 Å². The first-order chi connectivity index (χ1) is 6.22. The minimum Gasteiger partial charge on any atom is -0.393 e. The number of hydrogen-bond donors (Lipinski definition) is 1. The van der Waals surface area contributed by atoms with Gasteiger partial charge in [-0.3, -0.25) is 0 Å². The molecule has 1 N–H and O–H groups in total. The molecule has 0 aromatic rings. The molecule has 1 saturated heterocycles. The molecule has 3 nitrogen and oxygen atoms in total. The van der Waals surface area contributed by atoms with Crippen molar-refractivity contribution in [3.63, 3.8) is 0 Å². The van der Waals surface area contributed by atoms with E-state index in [1.165, 1.54) is 0 Å². The van der Waals surface area contributed by atoms with Gasteiger partial charge in [0.2, 0.25) is 0 Å². The summed E-state index contributed by atoms with van der Waals surface area (Å²) in [6.07, 6.45) is 6.23. The van der Waals surface area contributed by atoms with E-state index in [-0.39, 0.29) is 6.10 Å². The van der Waals surface area contributed by atoms with Crippen molar-refractivity contribution in [2.24, 2.45) is 5.92 Å². The Bertz CT molecular complexity index is 178. The van der Waals surface area contributed by atoms with Crippen LogP contribution >= 0.6 is 0 Å². The monoisotopic (exact) mass is 182 g/mol. The van der Waals surface area contributed by atoms with Crippen molar-refractivity contribution in [2.75, 3.05) is 13.1 Å². The highest BCUT2D eigenvalue weighted by Gasteiger charge is 2.18. The molecule has 1 heterocycles. The zero-order chi connectivity index (χ0) is 9.68. The zero-order valence-electron chi connectivity index (χ0n) is 8.24. The molecule has 1 unspecified atom stereocenters. The van der Waals surface area contributed by atoms with Gasteiger partial charge in [-0.05, 0) is 38.5 Å². The lowest BCUT2D eigenvalue weighted by molar-refractivity contribution is 0.159. The van der Waals surface area contributed by atoms with Crippen molar-refractivity contribution in [1.29, 1.82) is 5.26 Å². The summed E-state index contributed by atoms with van der Waals surface area (Å²) in [6, 6.07) is 0. The Balaban J connectivity index is 2.15. The SMILES string of the molecule is CC(O)CCC1CCN(C#N)CC1. The number of rotatable bonds is 3. The van der Waals surface area contributed by atoms with Gasteiger partial charge in [0.15, 0.2) is 6.19 Å². The van der Waals surface area contributed by atoms with Crippen LogP contribution in [0.15, 0.2) is 0 Å². The van der Waals surface area contributed by atoms with Gasteiger partial charge in [0.1, 0.15) is 0 Å². The van der Waals surface area contributed by atoms with Gasteiger partial charge in [-0.2, -0.15) is 5.26 Å². The molecule has 1 rings (SSSR count). The molecule has 1 fully saturated rings. The lowest BCUT2D eigenvalue weighted by atomic mass is 9.91. The summed E-state index contributed by atoms with van der Waals surface area (Å²) < 4.78 is 0. The molecular weight excluding hydrogens is 164 g/mol. The zero-order valence-corrected chi connectivity index (χ0v) is 8.24. The van der Waals surface area contributed by atoms with Crippen molar-refractivity contribution in [2.45, 2.75) is 38.7 Å². The fourth-order valence-electron chi connectivity index (χ4n) is 1.80. The number of hydrogen-bond acceptors (Lipinski definition) is 3. The fourth-order valence-corrected chi connectivity index (χ4v) is 1.80. The number of aliphatic hydroxyl groups excluding tert-OH is 1. The predicted octanol–water partition coefficient (Wildman–Crippen LogP) is 1.34. The van der Waals surface area contributed by atoms with Gasteiger partial charge < -0.3 is 10.0 Å². The molecule has 0 radical (unpaired) electrons. The smallest absolute Gasteiger partial charge is 0.179 e. The lowest BCUT2D eigenvalue weighted by Crippen LogP contribution is -2.30. The quantitative estimate of drug-likeness (QED) is 0.670. The molecule has 0 spiro atoms. The van der Waals surface area contributed by atoms with Crippen LogP contribution in [-0.2, 0) is 0 Å². The van der Waals surface area contributed by atoms with Crippen molar-refractivity contribution < 1.29 is 5.11 Å². The minimum atomic E-state index is -0.172. The van der Waals surface area contributed by atoms with Crippen LogP contribution in [0.25, 0.3) is 0 Å². The van der Waals surface area contributed by atoms with Crippen LogP contribution in [-0.4, -0.2) is 29.2 Å². The number of aliphatic hydroxyl groups is 1. The normalized spacial score (nSPS) is 21.2. The van der Waals surface area contributed by atoms with Gasteiger partial charge >= 0.3 is 0 Å². The van der Waals surface area contributed by atoms with E-state index < -0.39 is 0 Å². The summed E-state index contributed by atoms with van der Waals surface area (Å²) >= 11 is 0. The first-order valence-corrected chi connectivity index (χ1v) is 5.05. The largest absolute Gasteiger partial charge is 0.393 e. The molecule has 1 aliphatic rings. The van der Waals surface area contributed by atoms with Crippen LogP contribution in [0.2, 0.25) is 0 Å². The van der Waals surface area contributed by atoms with Crippen LogP contribution in [0.3, 0.4) is 0 Å². The van der Waals surface area contributed by atoms with Crippen molar-refractivity contribution in [1.82, 2.24) is 4.90 Å². The van der Waals surface area contributed by atoms with E-state index in [2.05, 4.69) is 6.19 Å². The Hall–Kier alpha value is -0.750. The second-order valence-corrected chi connectivity index (χ2v) is 3.96. The summed E-state index contributed by atoms with van der Waals surface area (Å²) in [6.45, 7) is 3.65. The molecule has 0 amide bonds. The summed E-state index contributed by atoms with van der Waals surface area (Å²) in [5.74, 6) is 0.721. The number of nitrogens with zero attached hydrogens (tertiary/aromatic N) is 2. The Morgan fingerprint density at radius 3 is 2.62 bits per heavy atom. The molecule has 13 heavy (non-hydrogen) atoms. The van der Waals surface area contributed by atoms with Crippen LogP contribution < -0.4 is 0 Å². The standard InChI is InChI=1S/C10H18N2O/c1-9(13)2-3-10-4-6-12(8-11)7-5-10/h9-10,13H,2-7H2,1H3. The molecule has 0 aromatic carbocycles. The molecular formula is C10H18N2O. The van der Waals surface area contributed by atoms with E-state index in [9.17, 15) is 0 Å². The minimum absolute atomic E-state index is 0.172. The van der Waals surface area contributed by atoms with E-state index in [1.807, 2.05) is 11.8 Å². The van der Waals surface area contributed by atoms with Gasteiger partial charge in [0.25, 0.3) is 0 Å². The predicted molar refractivity (Wildman–Crippen MR) is 50.8 cm³/mol.